The summed E-state index contributed by atoms with van der Waals surface area (Å²) in [5, 5.41) is 2.63. The Kier molecular flexibility index (Phi) is 4.33. The number of nitrogens with zero attached hydrogens (tertiary/aromatic N) is 2. The number of rotatable bonds is 3. The van der Waals surface area contributed by atoms with Gasteiger partial charge in [0.2, 0.25) is 0 Å². The van der Waals surface area contributed by atoms with Crippen LogP contribution in [0, 0.1) is 0 Å². The van der Waals surface area contributed by atoms with Gasteiger partial charge in [-0.15, -0.1) is 0 Å². The fraction of sp³-hybridized carbons (Fsp3) is 0.421. The van der Waals surface area contributed by atoms with Crippen molar-refractivity contribution in [1.82, 2.24) is 9.55 Å². The number of hydrogen-bond acceptors (Lipinski definition) is 6. The highest BCUT2D eigenvalue weighted by atomic mass is 16.8. The zero-order chi connectivity index (χ0) is 19.1. The van der Waals surface area contributed by atoms with Crippen LogP contribution in [0.4, 0.5) is 5.82 Å². The minimum Gasteiger partial charge on any atom is -0.355 e. The van der Waals surface area contributed by atoms with Crippen LogP contribution in [-0.2, 0) is 14.2 Å². The Morgan fingerprint density at radius 3 is 2.67 bits per heavy atom. The normalized spacial score (nSPS) is 26.4. The molecule has 142 valence electrons. The first-order chi connectivity index (χ1) is 12.9. The van der Waals surface area contributed by atoms with Crippen LogP contribution in [0.5, 0.6) is 0 Å². The lowest BCUT2D eigenvalue weighted by Crippen LogP contribution is -2.35. The summed E-state index contributed by atoms with van der Waals surface area (Å²) < 4.78 is 18.8. The molecule has 1 unspecified atom stereocenters. The molecule has 1 amide bonds. The van der Waals surface area contributed by atoms with Crippen molar-refractivity contribution in [1.29, 1.82) is 0 Å². The number of aromatic nitrogens is 2. The Bertz CT molecular complexity index is 911. The SMILES string of the molecule is CC1(C)OCC2(CO[C@@H](n3ccc(NC(=O)c4ccccc4)nc3=O)C2)O1. The van der Waals surface area contributed by atoms with E-state index in [0.717, 1.165) is 0 Å². The van der Waals surface area contributed by atoms with E-state index in [1.165, 1.54) is 4.57 Å². The molecule has 1 spiro atoms. The van der Waals surface area contributed by atoms with Gasteiger partial charge in [-0.2, -0.15) is 4.98 Å². The van der Waals surface area contributed by atoms with E-state index in [9.17, 15) is 9.59 Å². The van der Waals surface area contributed by atoms with E-state index in [2.05, 4.69) is 10.3 Å². The Hall–Kier alpha value is -2.55. The quantitative estimate of drug-likeness (QED) is 0.887. The smallest absolute Gasteiger partial charge is 0.351 e. The molecule has 2 aliphatic heterocycles. The number of nitrogens with one attached hydrogen (secondary N) is 1. The lowest BCUT2D eigenvalue weighted by atomic mass is 10.0. The summed E-state index contributed by atoms with van der Waals surface area (Å²) in [7, 11) is 0. The summed E-state index contributed by atoms with van der Waals surface area (Å²) in [4.78, 5) is 28.6. The van der Waals surface area contributed by atoms with Crippen LogP contribution in [0.25, 0.3) is 0 Å². The number of carbonyl (C=O) groups is 1. The van der Waals surface area contributed by atoms with Crippen LogP contribution >= 0.6 is 0 Å². The molecule has 2 fully saturated rings. The number of hydrogen-bond donors (Lipinski definition) is 1. The molecule has 2 saturated heterocycles. The van der Waals surface area contributed by atoms with Gasteiger partial charge in [0.05, 0.1) is 13.2 Å². The first-order valence-electron chi connectivity index (χ1n) is 8.77. The highest BCUT2D eigenvalue weighted by Gasteiger charge is 2.51. The summed E-state index contributed by atoms with van der Waals surface area (Å²) in [5.74, 6) is -0.790. The molecule has 1 aromatic carbocycles. The number of benzene rings is 1. The van der Waals surface area contributed by atoms with Crippen molar-refractivity contribution in [2.24, 2.45) is 0 Å². The topological polar surface area (TPSA) is 91.7 Å². The molecular formula is C19H21N3O5. The molecule has 2 aromatic rings. The second kappa shape index (κ2) is 6.56. The molecule has 0 saturated carbocycles. The molecule has 27 heavy (non-hydrogen) atoms. The molecule has 0 radical (unpaired) electrons. The molecule has 2 atom stereocenters. The molecule has 8 heteroatoms. The average molecular weight is 371 g/mol. The van der Waals surface area contributed by atoms with Gasteiger partial charge in [-0.1, -0.05) is 18.2 Å². The molecule has 8 nitrogen and oxygen atoms in total. The van der Waals surface area contributed by atoms with E-state index in [-0.39, 0.29) is 11.7 Å². The summed E-state index contributed by atoms with van der Waals surface area (Å²) >= 11 is 0. The highest BCUT2D eigenvalue weighted by Crippen LogP contribution is 2.41. The Morgan fingerprint density at radius 1 is 1.22 bits per heavy atom. The van der Waals surface area contributed by atoms with Crippen molar-refractivity contribution in [3.63, 3.8) is 0 Å². The Morgan fingerprint density at radius 2 is 2.00 bits per heavy atom. The summed E-state index contributed by atoms with van der Waals surface area (Å²) in [6, 6.07) is 10.3. The highest BCUT2D eigenvalue weighted by molar-refractivity contribution is 6.03. The molecular weight excluding hydrogens is 350 g/mol. The van der Waals surface area contributed by atoms with Crippen LogP contribution in [0.3, 0.4) is 0 Å². The summed E-state index contributed by atoms with van der Waals surface area (Å²) in [6.45, 7) is 4.48. The van der Waals surface area contributed by atoms with Crippen molar-refractivity contribution < 1.29 is 19.0 Å². The summed E-state index contributed by atoms with van der Waals surface area (Å²) in [5.41, 5.74) is -0.556. The van der Waals surface area contributed by atoms with Gasteiger partial charge in [-0.3, -0.25) is 9.36 Å². The van der Waals surface area contributed by atoms with E-state index in [0.29, 0.717) is 25.2 Å². The van der Waals surface area contributed by atoms with Crippen molar-refractivity contribution in [3.05, 3.63) is 58.6 Å². The third kappa shape index (κ3) is 3.64. The number of amides is 1. The van der Waals surface area contributed by atoms with Crippen LogP contribution < -0.4 is 11.0 Å². The Labute approximate surface area is 156 Å². The van der Waals surface area contributed by atoms with Crippen molar-refractivity contribution >= 4 is 11.7 Å². The van der Waals surface area contributed by atoms with Gasteiger partial charge in [-0.05, 0) is 32.0 Å². The zero-order valence-corrected chi connectivity index (χ0v) is 15.2. The predicted molar refractivity (Wildman–Crippen MR) is 96.3 cm³/mol. The summed E-state index contributed by atoms with van der Waals surface area (Å²) in [6.07, 6.45) is 1.58. The monoisotopic (exact) mass is 371 g/mol. The van der Waals surface area contributed by atoms with Gasteiger partial charge in [0.15, 0.2) is 5.79 Å². The molecule has 2 aliphatic rings. The lowest BCUT2D eigenvalue weighted by molar-refractivity contribution is -0.160. The second-order valence-corrected chi connectivity index (χ2v) is 7.27. The maximum atomic E-state index is 12.4. The first-order valence-corrected chi connectivity index (χ1v) is 8.77. The minimum atomic E-state index is -0.660. The molecule has 1 N–H and O–H groups in total. The van der Waals surface area contributed by atoms with Crippen LogP contribution in [-0.4, -0.2) is 40.1 Å². The molecule has 4 rings (SSSR count). The van der Waals surface area contributed by atoms with Gasteiger partial charge in [0, 0.05) is 18.2 Å². The number of ether oxygens (including phenoxy) is 3. The third-order valence-electron chi connectivity index (χ3n) is 4.65. The van der Waals surface area contributed by atoms with Crippen LogP contribution in [0.15, 0.2) is 47.4 Å². The van der Waals surface area contributed by atoms with Gasteiger partial charge >= 0.3 is 5.69 Å². The molecule has 1 aromatic heterocycles. The van der Waals surface area contributed by atoms with E-state index < -0.39 is 23.3 Å². The largest absolute Gasteiger partial charge is 0.355 e. The maximum absolute atomic E-state index is 12.4. The van der Waals surface area contributed by atoms with E-state index >= 15 is 0 Å². The number of carbonyl (C=O) groups excluding carboxylic acids is 1. The third-order valence-corrected chi connectivity index (χ3v) is 4.65. The molecule has 3 heterocycles. The fourth-order valence-electron chi connectivity index (χ4n) is 3.40. The van der Waals surface area contributed by atoms with Crippen LogP contribution in [0.2, 0.25) is 0 Å². The van der Waals surface area contributed by atoms with E-state index in [4.69, 9.17) is 14.2 Å². The van der Waals surface area contributed by atoms with Gasteiger partial charge in [0.1, 0.15) is 17.6 Å². The van der Waals surface area contributed by atoms with E-state index in [1.807, 2.05) is 19.9 Å². The molecule has 0 aliphatic carbocycles. The molecule has 0 bridgehead atoms. The first kappa shape index (κ1) is 17.8. The van der Waals surface area contributed by atoms with Crippen molar-refractivity contribution in [2.45, 2.75) is 37.9 Å². The standard InChI is InChI=1S/C19H21N3O5/c1-18(2)26-12-19(27-18)10-15(25-11-19)22-9-8-14(21-17(22)24)20-16(23)13-6-4-3-5-7-13/h3-9,15H,10-12H2,1-2H3,(H,20,21,23,24)/t15-,19?/m1/s1. The average Bonchev–Trinajstić information content (AvgIpc) is 3.18. The predicted octanol–water partition coefficient (Wildman–Crippen LogP) is 1.94. The second-order valence-electron chi connectivity index (χ2n) is 7.27. The van der Waals surface area contributed by atoms with Crippen molar-refractivity contribution in [2.75, 3.05) is 18.5 Å². The Balaban J connectivity index is 1.47. The van der Waals surface area contributed by atoms with Gasteiger partial charge in [0.25, 0.3) is 5.91 Å². The maximum Gasteiger partial charge on any atom is 0.351 e. The van der Waals surface area contributed by atoms with Crippen molar-refractivity contribution in [3.8, 4) is 0 Å². The minimum absolute atomic E-state index is 0.194. The fourth-order valence-corrected chi connectivity index (χ4v) is 3.40. The van der Waals surface area contributed by atoms with Gasteiger partial charge < -0.3 is 19.5 Å². The zero-order valence-electron chi connectivity index (χ0n) is 15.2. The number of anilines is 1. The van der Waals surface area contributed by atoms with E-state index in [1.54, 1.807) is 36.5 Å². The van der Waals surface area contributed by atoms with Gasteiger partial charge in [-0.25, -0.2) is 4.79 Å². The lowest BCUT2D eigenvalue weighted by Gasteiger charge is -2.23. The van der Waals surface area contributed by atoms with Crippen LogP contribution in [0.1, 0.15) is 36.9 Å².